The van der Waals surface area contributed by atoms with E-state index < -0.39 is 0 Å². The van der Waals surface area contributed by atoms with Gasteiger partial charge in [-0.25, -0.2) is 0 Å². The number of hydrogen-bond acceptors (Lipinski definition) is 2. The topological polar surface area (TPSA) is 26.3 Å². The summed E-state index contributed by atoms with van der Waals surface area (Å²) in [4.78, 5) is 11.8. The highest BCUT2D eigenvalue weighted by molar-refractivity contribution is 5.69. The van der Waals surface area contributed by atoms with Crippen molar-refractivity contribution in [2.75, 3.05) is 6.61 Å². The second-order valence-electron chi connectivity index (χ2n) is 10.3. The predicted octanol–water partition coefficient (Wildman–Crippen LogP) is 10.7. The number of hydrogen-bond donors (Lipinski definition) is 0. The normalized spacial score (nSPS) is 12.5. The molecule has 33 heavy (non-hydrogen) atoms. The maximum Gasteiger partial charge on any atom is 0.305 e. The number of ether oxygens (including phenoxy) is 1. The van der Waals surface area contributed by atoms with Crippen molar-refractivity contribution >= 4 is 5.97 Å². The highest BCUT2D eigenvalue weighted by atomic mass is 16.5. The summed E-state index contributed by atoms with van der Waals surface area (Å²) in [5.41, 5.74) is 0. The SMILES string of the molecule is CCCCCCCC/C=C\CCCCCCCC(=O)OCCCCCCCCCC(C)CC. The molecule has 1 unspecified atom stereocenters. The first-order valence-electron chi connectivity index (χ1n) is 15.0. The third kappa shape index (κ3) is 27.3. The van der Waals surface area contributed by atoms with Crippen LogP contribution < -0.4 is 0 Å². The minimum Gasteiger partial charge on any atom is -0.466 e. The lowest BCUT2D eigenvalue weighted by Gasteiger charge is -2.07. The van der Waals surface area contributed by atoms with Crippen molar-refractivity contribution in [2.24, 2.45) is 5.92 Å². The number of unbranched alkanes of at least 4 members (excludes halogenated alkanes) is 17. The Balaban J connectivity index is 3.22. The van der Waals surface area contributed by atoms with E-state index in [4.69, 9.17) is 4.74 Å². The lowest BCUT2D eigenvalue weighted by Crippen LogP contribution is -2.05. The van der Waals surface area contributed by atoms with E-state index in [1.54, 1.807) is 0 Å². The lowest BCUT2D eigenvalue weighted by molar-refractivity contribution is -0.143. The number of carbonyl (C=O) groups excluding carboxylic acids is 1. The quantitative estimate of drug-likeness (QED) is 0.0722. The van der Waals surface area contributed by atoms with Crippen molar-refractivity contribution in [2.45, 2.75) is 168 Å². The first-order valence-corrected chi connectivity index (χ1v) is 15.0. The van der Waals surface area contributed by atoms with E-state index >= 15 is 0 Å². The fourth-order valence-corrected chi connectivity index (χ4v) is 4.28. The highest BCUT2D eigenvalue weighted by Gasteiger charge is 2.03. The smallest absolute Gasteiger partial charge is 0.305 e. The molecule has 2 nitrogen and oxygen atoms in total. The maximum absolute atomic E-state index is 11.8. The zero-order valence-corrected chi connectivity index (χ0v) is 23.0. The van der Waals surface area contributed by atoms with Crippen LogP contribution in [0.5, 0.6) is 0 Å². The molecule has 0 spiro atoms. The highest BCUT2D eigenvalue weighted by Crippen LogP contribution is 2.15. The van der Waals surface area contributed by atoms with E-state index in [9.17, 15) is 4.79 Å². The molecule has 0 amide bonds. The number of allylic oxidation sites excluding steroid dienone is 2. The third-order valence-electron chi connectivity index (χ3n) is 6.94. The van der Waals surface area contributed by atoms with Crippen molar-refractivity contribution in [3.8, 4) is 0 Å². The molecule has 0 saturated heterocycles. The minimum atomic E-state index is 0.0117. The Kier molecular flexibility index (Phi) is 26.8. The summed E-state index contributed by atoms with van der Waals surface area (Å²) in [6.45, 7) is 7.55. The Bertz CT molecular complexity index is 415. The summed E-state index contributed by atoms with van der Waals surface area (Å²) in [5.74, 6) is 0.907. The van der Waals surface area contributed by atoms with Crippen molar-refractivity contribution in [1.29, 1.82) is 0 Å². The van der Waals surface area contributed by atoms with Crippen LogP contribution in [0.15, 0.2) is 12.2 Å². The Labute approximate surface area is 208 Å². The lowest BCUT2D eigenvalue weighted by atomic mass is 10.00. The number of esters is 1. The molecule has 0 radical (unpaired) electrons. The average molecular weight is 465 g/mol. The summed E-state index contributed by atoms with van der Waals surface area (Å²) in [6.07, 6.45) is 33.8. The average Bonchev–Trinajstić information content (AvgIpc) is 2.82. The molecule has 0 saturated carbocycles. The van der Waals surface area contributed by atoms with Crippen LogP contribution in [0, 0.1) is 5.92 Å². The first kappa shape index (κ1) is 32.2. The molecule has 0 heterocycles. The Hall–Kier alpha value is -0.790. The zero-order valence-electron chi connectivity index (χ0n) is 23.0. The molecule has 0 aromatic heterocycles. The van der Waals surface area contributed by atoms with E-state index in [0.29, 0.717) is 13.0 Å². The summed E-state index contributed by atoms with van der Waals surface area (Å²) >= 11 is 0. The molecule has 0 aliphatic heterocycles. The van der Waals surface area contributed by atoms with Gasteiger partial charge >= 0.3 is 5.97 Å². The Morgan fingerprint density at radius 2 is 1.12 bits per heavy atom. The van der Waals surface area contributed by atoms with Gasteiger partial charge in [0.25, 0.3) is 0 Å². The largest absolute Gasteiger partial charge is 0.466 e. The molecule has 0 N–H and O–H groups in total. The van der Waals surface area contributed by atoms with Crippen LogP contribution in [0.2, 0.25) is 0 Å². The molecule has 1 atom stereocenters. The Morgan fingerprint density at radius 3 is 1.70 bits per heavy atom. The standard InChI is InChI=1S/C31H60O2/c1-4-6-7-8-9-10-11-12-13-14-15-16-19-22-25-28-31(32)33-29-26-23-20-17-18-21-24-27-30(3)5-2/h12-13,30H,4-11,14-29H2,1-3H3/b13-12-. The van der Waals surface area contributed by atoms with Gasteiger partial charge in [-0.3, -0.25) is 4.79 Å². The van der Waals surface area contributed by atoms with E-state index in [0.717, 1.165) is 25.2 Å². The van der Waals surface area contributed by atoms with Gasteiger partial charge in [0, 0.05) is 6.42 Å². The summed E-state index contributed by atoms with van der Waals surface area (Å²) in [5, 5.41) is 0. The maximum atomic E-state index is 11.8. The molecule has 0 aromatic carbocycles. The number of rotatable bonds is 26. The van der Waals surface area contributed by atoms with Crippen LogP contribution in [0.4, 0.5) is 0 Å². The van der Waals surface area contributed by atoms with Crippen molar-refractivity contribution in [3.63, 3.8) is 0 Å². The molecule has 196 valence electrons. The van der Waals surface area contributed by atoms with Gasteiger partial charge in [0.05, 0.1) is 6.61 Å². The van der Waals surface area contributed by atoms with Gasteiger partial charge in [0.15, 0.2) is 0 Å². The predicted molar refractivity (Wildman–Crippen MR) is 147 cm³/mol. The van der Waals surface area contributed by atoms with E-state index in [1.807, 2.05) is 0 Å². The second-order valence-corrected chi connectivity index (χ2v) is 10.3. The van der Waals surface area contributed by atoms with Gasteiger partial charge in [0.1, 0.15) is 0 Å². The van der Waals surface area contributed by atoms with Crippen molar-refractivity contribution in [3.05, 3.63) is 12.2 Å². The summed E-state index contributed by atoms with van der Waals surface area (Å²) in [7, 11) is 0. The van der Waals surface area contributed by atoms with Crippen LogP contribution in [0.1, 0.15) is 168 Å². The van der Waals surface area contributed by atoms with Gasteiger partial charge in [-0.2, -0.15) is 0 Å². The molecule has 0 rings (SSSR count). The molecule has 0 aromatic rings. The van der Waals surface area contributed by atoms with E-state index in [1.165, 1.54) is 122 Å². The van der Waals surface area contributed by atoms with Gasteiger partial charge in [0.2, 0.25) is 0 Å². The van der Waals surface area contributed by atoms with Gasteiger partial charge in [-0.05, 0) is 44.4 Å². The summed E-state index contributed by atoms with van der Waals surface area (Å²) < 4.78 is 5.40. The van der Waals surface area contributed by atoms with E-state index in [-0.39, 0.29) is 5.97 Å². The van der Waals surface area contributed by atoms with Crippen LogP contribution in [0.3, 0.4) is 0 Å². The van der Waals surface area contributed by atoms with E-state index in [2.05, 4.69) is 32.9 Å². The molecular weight excluding hydrogens is 404 g/mol. The summed E-state index contributed by atoms with van der Waals surface area (Å²) in [6, 6.07) is 0. The van der Waals surface area contributed by atoms with Gasteiger partial charge in [-0.1, -0.05) is 136 Å². The molecule has 0 bridgehead atoms. The number of carbonyl (C=O) groups is 1. The third-order valence-corrected chi connectivity index (χ3v) is 6.94. The fraction of sp³-hybridized carbons (Fsp3) is 0.903. The molecular formula is C31H60O2. The van der Waals surface area contributed by atoms with Crippen molar-refractivity contribution < 1.29 is 9.53 Å². The Morgan fingerprint density at radius 1 is 0.636 bits per heavy atom. The first-order chi connectivity index (χ1) is 16.2. The van der Waals surface area contributed by atoms with Gasteiger partial charge < -0.3 is 4.74 Å². The van der Waals surface area contributed by atoms with Gasteiger partial charge in [-0.15, -0.1) is 0 Å². The van der Waals surface area contributed by atoms with Crippen LogP contribution >= 0.6 is 0 Å². The van der Waals surface area contributed by atoms with Crippen LogP contribution in [-0.4, -0.2) is 12.6 Å². The zero-order chi connectivity index (χ0) is 24.2. The van der Waals surface area contributed by atoms with Crippen LogP contribution in [0.25, 0.3) is 0 Å². The molecule has 2 heteroatoms. The molecule has 0 aliphatic carbocycles. The molecule has 0 aliphatic rings. The minimum absolute atomic E-state index is 0.0117. The molecule has 0 fully saturated rings. The van der Waals surface area contributed by atoms with Crippen molar-refractivity contribution in [1.82, 2.24) is 0 Å². The van der Waals surface area contributed by atoms with Crippen LogP contribution in [-0.2, 0) is 9.53 Å². The fourth-order valence-electron chi connectivity index (χ4n) is 4.28. The second kappa shape index (κ2) is 27.5. The monoisotopic (exact) mass is 464 g/mol.